The lowest BCUT2D eigenvalue weighted by atomic mass is 10.2. The maximum atomic E-state index is 12.8. The van der Waals surface area contributed by atoms with E-state index in [1.165, 1.54) is 4.31 Å². The second-order valence-corrected chi connectivity index (χ2v) is 8.92. The summed E-state index contributed by atoms with van der Waals surface area (Å²) < 4.78 is 32.7. The van der Waals surface area contributed by atoms with E-state index in [-0.39, 0.29) is 23.9 Å². The average molecular weight is 403 g/mol. The van der Waals surface area contributed by atoms with Crippen LogP contribution in [-0.2, 0) is 26.2 Å². The van der Waals surface area contributed by atoms with Crippen molar-refractivity contribution in [3.63, 3.8) is 0 Å². The predicted octanol–water partition coefficient (Wildman–Crippen LogP) is 2.43. The standard InChI is InChI=1S/C21H26N2O4S/c1-17-8-10-20(11-9-17)28(25,26)23-14-12-22(13-15-23)21(24)18(2)27-16-19-6-4-3-5-7-19/h3-11,18H,12-16H2,1-2H3. The van der Waals surface area contributed by atoms with Crippen LogP contribution in [0.4, 0.5) is 0 Å². The number of ether oxygens (including phenoxy) is 1. The number of rotatable bonds is 6. The van der Waals surface area contributed by atoms with Crippen LogP contribution in [0, 0.1) is 6.92 Å². The van der Waals surface area contributed by atoms with E-state index in [2.05, 4.69) is 0 Å². The molecule has 0 radical (unpaired) electrons. The van der Waals surface area contributed by atoms with Crippen molar-refractivity contribution in [2.45, 2.75) is 31.5 Å². The van der Waals surface area contributed by atoms with Gasteiger partial charge in [0, 0.05) is 26.2 Å². The number of hydrogen-bond donors (Lipinski definition) is 0. The Morgan fingerprint density at radius 1 is 1.00 bits per heavy atom. The molecule has 0 aliphatic carbocycles. The van der Waals surface area contributed by atoms with Crippen molar-refractivity contribution >= 4 is 15.9 Å². The molecule has 1 unspecified atom stereocenters. The van der Waals surface area contributed by atoms with Crippen LogP contribution < -0.4 is 0 Å². The van der Waals surface area contributed by atoms with E-state index in [9.17, 15) is 13.2 Å². The van der Waals surface area contributed by atoms with Crippen LogP contribution in [-0.4, -0.2) is 55.8 Å². The van der Waals surface area contributed by atoms with Gasteiger partial charge in [0.15, 0.2) is 0 Å². The molecule has 0 aromatic heterocycles. The summed E-state index contributed by atoms with van der Waals surface area (Å²) in [5.74, 6) is -0.108. The number of aryl methyl sites for hydroxylation is 1. The molecule has 0 N–H and O–H groups in total. The van der Waals surface area contributed by atoms with Crippen LogP contribution >= 0.6 is 0 Å². The van der Waals surface area contributed by atoms with Crippen LogP contribution in [0.25, 0.3) is 0 Å². The zero-order valence-corrected chi connectivity index (χ0v) is 17.1. The monoisotopic (exact) mass is 402 g/mol. The molecule has 6 nitrogen and oxygen atoms in total. The van der Waals surface area contributed by atoms with Gasteiger partial charge in [-0.1, -0.05) is 48.0 Å². The first kappa shape index (κ1) is 20.5. The van der Waals surface area contributed by atoms with Crippen molar-refractivity contribution in [2.24, 2.45) is 0 Å². The zero-order valence-electron chi connectivity index (χ0n) is 16.2. The summed E-state index contributed by atoms with van der Waals surface area (Å²) >= 11 is 0. The third kappa shape index (κ3) is 4.79. The van der Waals surface area contributed by atoms with Crippen LogP contribution in [0.15, 0.2) is 59.5 Å². The predicted molar refractivity (Wildman–Crippen MR) is 107 cm³/mol. The molecule has 1 atom stereocenters. The van der Waals surface area contributed by atoms with E-state index in [4.69, 9.17) is 4.74 Å². The fraction of sp³-hybridized carbons (Fsp3) is 0.381. The van der Waals surface area contributed by atoms with Crippen molar-refractivity contribution in [3.05, 3.63) is 65.7 Å². The Morgan fingerprint density at radius 3 is 2.21 bits per heavy atom. The summed E-state index contributed by atoms with van der Waals surface area (Å²) in [5.41, 5.74) is 2.02. The lowest BCUT2D eigenvalue weighted by Gasteiger charge is -2.35. The molecule has 1 saturated heterocycles. The van der Waals surface area contributed by atoms with Gasteiger partial charge < -0.3 is 9.64 Å². The van der Waals surface area contributed by atoms with Gasteiger partial charge in [0.05, 0.1) is 11.5 Å². The summed E-state index contributed by atoms with van der Waals surface area (Å²) in [6.45, 7) is 5.32. The van der Waals surface area contributed by atoms with Crippen molar-refractivity contribution < 1.29 is 17.9 Å². The molecule has 2 aromatic carbocycles. The molecule has 7 heteroatoms. The Hall–Kier alpha value is -2.22. The van der Waals surface area contributed by atoms with Gasteiger partial charge in [0.2, 0.25) is 10.0 Å². The Kier molecular flexibility index (Phi) is 6.49. The largest absolute Gasteiger partial charge is 0.364 e. The highest BCUT2D eigenvalue weighted by molar-refractivity contribution is 7.89. The number of carbonyl (C=O) groups is 1. The van der Waals surface area contributed by atoms with Crippen molar-refractivity contribution in [1.82, 2.24) is 9.21 Å². The molecule has 0 saturated carbocycles. The lowest BCUT2D eigenvalue weighted by Crippen LogP contribution is -2.52. The first-order chi connectivity index (χ1) is 13.4. The molecule has 0 spiro atoms. The smallest absolute Gasteiger partial charge is 0.251 e. The number of piperazine rings is 1. The third-order valence-electron chi connectivity index (χ3n) is 4.90. The molecule has 0 bridgehead atoms. The number of sulfonamides is 1. The highest BCUT2D eigenvalue weighted by Gasteiger charge is 2.31. The van der Waals surface area contributed by atoms with Crippen LogP contribution in [0.1, 0.15) is 18.1 Å². The second kappa shape index (κ2) is 8.86. The molecule has 1 aliphatic heterocycles. The topological polar surface area (TPSA) is 66.9 Å². The molecule has 1 heterocycles. The van der Waals surface area contributed by atoms with Gasteiger partial charge in [-0.15, -0.1) is 0 Å². The minimum atomic E-state index is -3.53. The highest BCUT2D eigenvalue weighted by atomic mass is 32.2. The van der Waals surface area contributed by atoms with Crippen LogP contribution in [0.3, 0.4) is 0 Å². The fourth-order valence-electron chi connectivity index (χ4n) is 3.13. The fourth-order valence-corrected chi connectivity index (χ4v) is 4.55. The molecule has 1 fully saturated rings. The third-order valence-corrected chi connectivity index (χ3v) is 6.81. The van der Waals surface area contributed by atoms with Gasteiger partial charge in [0.25, 0.3) is 5.91 Å². The second-order valence-electron chi connectivity index (χ2n) is 6.98. The van der Waals surface area contributed by atoms with E-state index in [0.717, 1.165) is 11.1 Å². The molecule has 28 heavy (non-hydrogen) atoms. The molecule has 2 aromatic rings. The van der Waals surface area contributed by atoms with E-state index < -0.39 is 16.1 Å². The summed E-state index contributed by atoms with van der Waals surface area (Å²) in [6.07, 6.45) is -0.569. The van der Waals surface area contributed by atoms with E-state index in [1.807, 2.05) is 37.3 Å². The zero-order chi connectivity index (χ0) is 20.1. The minimum absolute atomic E-state index is 0.108. The first-order valence-electron chi connectivity index (χ1n) is 9.39. The molecule has 1 amide bonds. The summed E-state index contributed by atoms with van der Waals surface area (Å²) in [5, 5.41) is 0. The Balaban J connectivity index is 1.54. The van der Waals surface area contributed by atoms with Gasteiger partial charge in [-0.2, -0.15) is 4.31 Å². The van der Waals surface area contributed by atoms with Crippen molar-refractivity contribution in [3.8, 4) is 0 Å². The number of amides is 1. The average Bonchev–Trinajstić information content (AvgIpc) is 2.72. The molecular formula is C21H26N2O4S. The molecule has 1 aliphatic rings. The summed E-state index contributed by atoms with van der Waals surface area (Å²) in [7, 11) is -3.53. The van der Waals surface area contributed by atoms with Gasteiger partial charge in [-0.25, -0.2) is 8.42 Å². The van der Waals surface area contributed by atoms with Gasteiger partial charge >= 0.3 is 0 Å². The summed E-state index contributed by atoms with van der Waals surface area (Å²) in [6, 6.07) is 16.5. The van der Waals surface area contributed by atoms with E-state index >= 15 is 0 Å². The maximum absolute atomic E-state index is 12.8. The van der Waals surface area contributed by atoms with E-state index in [0.29, 0.717) is 19.7 Å². The Morgan fingerprint density at radius 2 is 1.61 bits per heavy atom. The SMILES string of the molecule is Cc1ccc(S(=O)(=O)N2CCN(C(=O)C(C)OCc3ccccc3)CC2)cc1. The molecule has 3 rings (SSSR count). The van der Waals surface area contributed by atoms with Crippen molar-refractivity contribution in [1.29, 1.82) is 0 Å². The number of benzene rings is 2. The molecular weight excluding hydrogens is 376 g/mol. The number of hydrogen-bond acceptors (Lipinski definition) is 4. The van der Waals surface area contributed by atoms with Crippen molar-refractivity contribution in [2.75, 3.05) is 26.2 Å². The maximum Gasteiger partial charge on any atom is 0.251 e. The number of nitrogens with zero attached hydrogens (tertiary/aromatic N) is 2. The normalized spacial score (nSPS) is 16.7. The number of carbonyl (C=O) groups excluding carboxylic acids is 1. The van der Waals surface area contributed by atoms with E-state index in [1.54, 1.807) is 36.1 Å². The van der Waals surface area contributed by atoms with Crippen LogP contribution in [0.5, 0.6) is 0 Å². The van der Waals surface area contributed by atoms with Gasteiger partial charge in [0.1, 0.15) is 6.10 Å². The highest BCUT2D eigenvalue weighted by Crippen LogP contribution is 2.19. The van der Waals surface area contributed by atoms with Gasteiger partial charge in [-0.05, 0) is 31.5 Å². The Bertz CT molecular complexity index is 890. The Labute approximate surface area is 166 Å². The van der Waals surface area contributed by atoms with Crippen LogP contribution in [0.2, 0.25) is 0 Å². The van der Waals surface area contributed by atoms with Gasteiger partial charge in [-0.3, -0.25) is 4.79 Å². The minimum Gasteiger partial charge on any atom is -0.364 e. The lowest BCUT2D eigenvalue weighted by molar-refractivity contribution is -0.144. The molecule has 150 valence electrons. The quantitative estimate of drug-likeness (QED) is 0.744. The summed E-state index contributed by atoms with van der Waals surface area (Å²) in [4.78, 5) is 14.6. The first-order valence-corrected chi connectivity index (χ1v) is 10.8.